The molecule has 0 aliphatic carbocycles. The number of anilines is 4. The van der Waals surface area contributed by atoms with E-state index in [2.05, 4.69) is 35.8 Å². The van der Waals surface area contributed by atoms with Crippen LogP contribution in [0.25, 0.3) is 11.4 Å². The standard InChI is InChI=1S/C22H20FN9O3/c1-24-22(34)19-15(7-17(30-31-19)29-16-8-18(33)32(2)11-27-16)28-14-6-4-5-13(20(14)35-3)21-25-9-12(23)10-26-21/h4-11H,1-3H3,(H,24,34)(H2,28,29,30)/i1D3. The molecule has 1 amide bonds. The Balaban J connectivity index is 1.76. The summed E-state index contributed by atoms with van der Waals surface area (Å²) < 4.78 is 42.2. The second kappa shape index (κ2) is 9.91. The van der Waals surface area contributed by atoms with Crippen LogP contribution in [0.2, 0.25) is 0 Å². The van der Waals surface area contributed by atoms with Crippen molar-refractivity contribution in [2.45, 2.75) is 0 Å². The summed E-state index contributed by atoms with van der Waals surface area (Å²) >= 11 is 0. The molecule has 0 fully saturated rings. The van der Waals surface area contributed by atoms with E-state index in [1.54, 1.807) is 18.2 Å². The molecule has 0 aliphatic rings. The lowest BCUT2D eigenvalue weighted by Crippen LogP contribution is -2.21. The van der Waals surface area contributed by atoms with E-state index in [0.29, 0.717) is 11.3 Å². The van der Waals surface area contributed by atoms with E-state index in [9.17, 15) is 14.0 Å². The largest absolute Gasteiger partial charge is 0.494 e. The SMILES string of the molecule is [2H]C([2H])([2H])NC(=O)c1nnc(Nc2cc(=O)n(C)cn2)cc1Nc1cccc(-c2ncc(F)cn2)c1OC. The Bertz CT molecular complexity index is 1550. The van der Waals surface area contributed by atoms with Crippen LogP contribution in [0.15, 0.2) is 53.8 Å². The Hall–Kier alpha value is -4.94. The maximum atomic E-state index is 13.3. The minimum atomic E-state index is -2.78. The van der Waals surface area contributed by atoms with E-state index >= 15 is 0 Å². The number of nitrogens with zero attached hydrogens (tertiary/aromatic N) is 6. The summed E-state index contributed by atoms with van der Waals surface area (Å²) in [5, 5.41) is 15.5. The molecule has 178 valence electrons. The first kappa shape index (κ1) is 19.5. The average molecular weight is 480 g/mol. The number of amides is 1. The van der Waals surface area contributed by atoms with Crippen LogP contribution in [-0.4, -0.2) is 49.7 Å². The maximum Gasteiger partial charge on any atom is 0.273 e. The summed E-state index contributed by atoms with van der Waals surface area (Å²) in [5.74, 6) is -0.937. The normalized spacial score (nSPS) is 12.1. The number of ether oxygens (including phenoxy) is 1. The van der Waals surface area contributed by atoms with E-state index in [1.165, 1.54) is 37.2 Å². The summed E-state index contributed by atoms with van der Waals surface area (Å²) in [7, 11) is 2.94. The van der Waals surface area contributed by atoms with Gasteiger partial charge in [0.2, 0.25) is 0 Å². The molecule has 4 aromatic rings. The number of benzene rings is 1. The first-order chi connectivity index (χ1) is 18.0. The monoisotopic (exact) mass is 480 g/mol. The fourth-order valence-corrected chi connectivity index (χ4v) is 3.06. The van der Waals surface area contributed by atoms with Gasteiger partial charge in [0.1, 0.15) is 5.82 Å². The van der Waals surface area contributed by atoms with Gasteiger partial charge in [0.25, 0.3) is 11.5 Å². The van der Waals surface area contributed by atoms with Crippen molar-refractivity contribution in [3.63, 3.8) is 0 Å². The molecule has 1 aromatic carbocycles. The number of carbonyl (C=O) groups is 1. The Morgan fingerprint density at radius 2 is 1.89 bits per heavy atom. The van der Waals surface area contributed by atoms with Gasteiger partial charge in [-0.3, -0.25) is 9.59 Å². The second-order valence-corrected chi connectivity index (χ2v) is 7.03. The number of carbonyl (C=O) groups excluding carboxylic acids is 1. The Morgan fingerprint density at radius 3 is 2.60 bits per heavy atom. The van der Waals surface area contributed by atoms with E-state index in [4.69, 9.17) is 8.85 Å². The number of aromatic nitrogens is 6. The van der Waals surface area contributed by atoms with Gasteiger partial charge in [-0.2, -0.15) is 0 Å². The fourth-order valence-electron chi connectivity index (χ4n) is 3.06. The lowest BCUT2D eigenvalue weighted by atomic mass is 10.1. The minimum Gasteiger partial charge on any atom is -0.494 e. The number of halogens is 1. The number of hydrogen-bond donors (Lipinski definition) is 3. The molecule has 13 heteroatoms. The van der Waals surface area contributed by atoms with Crippen LogP contribution in [0, 0.1) is 5.82 Å². The molecule has 0 radical (unpaired) electrons. The molecule has 0 aliphatic heterocycles. The lowest BCUT2D eigenvalue weighted by molar-refractivity contribution is 0.0958. The average Bonchev–Trinajstić information content (AvgIpc) is 2.86. The number of rotatable bonds is 7. The van der Waals surface area contributed by atoms with Gasteiger partial charge in [-0.1, -0.05) is 6.07 Å². The van der Waals surface area contributed by atoms with Gasteiger partial charge in [0.05, 0.1) is 42.8 Å². The zero-order valence-electron chi connectivity index (χ0n) is 21.4. The van der Waals surface area contributed by atoms with Crippen molar-refractivity contribution in [1.29, 1.82) is 0 Å². The summed E-state index contributed by atoms with van der Waals surface area (Å²) in [6.07, 6.45) is 3.33. The zero-order valence-corrected chi connectivity index (χ0v) is 18.4. The van der Waals surface area contributed by atoms with E-state index < -0.39 is 18.7 Å². The van der Waals surface area contributed by atoms with Crippen molar-refractivity contribution in [2.24, 2.45) is 7.05 Å². The molecule has 3 N–H and O–H groups in total. The highest BCUT2D eigenvalue weighted by molar-refractivity contribution is 5.99. The van der Waals surface area contributed by atoms with Crippen molar-refractivity contribution in [2.75, 3.05) is 24.7 Å². The summed E-state index contributed by atoms with van der Waals surface area (Å²) in [4.78, 5) is 36.7. The molecular weight excluding hydrogens is 457 g/mol. The Morgan fingerprint density at radius 1 is 1.09 bits per heavy atom. The zero-order chi connectivity index (χ0) is 27.4. The molecule has 3 aromatic heterocycles. The predicted molar refractivity (Wildman–Crippen MR) is 125 cm³/mol. The van der Waals surface area contributed by atoms with Gasteiger partial charge in [-0.25, -0.2) is 19.3 Å². The van der Waals surface area contributed by atoms with Gasteiger partial charge in [-0.15, -0.1) is 10.2 Å². The molecule has 0 bridgehead atoms. The second-order valence-electron chi connectivity index (χ2n) is 7.03. The third kappa shape index (κ3) is 5.03. The molecule has 3 heterocycles. The Kier molecular flexibility index (Phi) is 5.53. The summed E-state index contributed by atoms with van der Waals surface area (Å²) in [6, 6.07) is 7.53. The minimum absolute atomic E-state index is 0.0450. The summed E-state index contributed by atoms with van der Waals surface area (Å²) in [5.41, 5.74) is 0.118. The highest BCUT2D eigenvalue weighted by Gasteiger charge is 2.19. The Labute approximate surface area is 202 Å². The molecule has 35 heavy (non-hydrogen) atoms. The lowest BCUT2D eigenvalue weighted by Gasteiger charge is -2.16. The summed E-state index contributed by atoms with van der Waals surface area (Å²) in [6.45, 7) is -2.78. The first-order valence-electron chi connectivity index (χ1n) is 11.5. The van der Waals surface area contributed by atoms with Gasteiger partial charge in [0, 0.05) is 30.3 Å². The van der Waals surface area contributed by atoms with Crippen molar-refractivity contribution in [3.8, 4) is 17.1 Å². The van der Waals surface area contributed by atoms with Crippen LogP contribution in [-0.2, 0) is 7.05 Å². The van der Waals surface area contributed by atoms with E-state index in [0.717, 1.165) is 12.4 Å². The molecule has 0 atom stereocenters. The van der Waals surface area contributed by atoms with Gasteiger partial charge in [0.15, 0.2) is 28.9 Å². The van der Waals surface area contributed by atoms with Crippen molar-refractivity contribution in [1.82, 2.24) is 35.0 Å². The predicted octanol–water partition coefficient (Wildman–Crippen LogP) is 2.02. The van der Waals surface area contributed by atoms with Gasteiger partial charge >= 0.3 is 0 Å². The van der Waals surface area contributed by atoms with E-state index in [1.807, 2.05) is 5.32 Å². The smallest absolute Gasteiger partial charge is 0.273 e. The number of hydrogen-bond acceptors (Lipinski definition) is 10. The van der Waals surface area contributed by atoms with E-state index in [-0.39, 0.29) is 40.2 Å². The third-order valence-electron chi connectivity index (χ3n) is 4.71. The number of aryl methyl sites for hydroxylation is 1. The molecule has 0 spiro atoms. The van der Waals surface area contributed by atoms with Gasteiger partial charge < -0.3 is 25.3 Å². The topological polar surface area (TPSA) is 149 Å². The first-order valence-corrected chi connectivity index (χ1v) is 9.96. The van der Waals surface area contributed by atoms with Crippen LogP contribution in [0.1, 0.15) is 14.6 Å². The third-order valence-corrected chi connectivity index (χ3v) is 4.71. The number of para-hydroxylation sites is 1. The quantitative estimate of drug-likeness (QED) is 0.359. The molecule has 0 unspecified atom stereocenters. The number of nitrogens with one attached hydrogen (secondary N) is 3. The van der Waals surface area contributed by atoms with Crippen molar-refractivity contribution in [3.05, 3.63) is 70.9 Å². The van der Waals surface area contributed by atoms with Gasteiger partial charge in [-0.05, 0) is 12.1 Å². The van der Waals surface area contributed by atoms with Crippen LogP contribution in [0.4, 0.5) is 27.4 Å². The highest BCUT2D eigenvalue weighted by Crippen LogP contribution is 2.37. The molecular formula is C22H20FN9O3. The van der Waals surface area contributed by atoms with Crippen LogP contribution in [0.5, 0.6) is 5.75 Å². The van der Waals surface area contributed by atoms with Crippen molar-refractivity contribution >= 4 is 28.9 Å². The molecule has 4 rings (SSSR count). The molecule has 0 saturated carbocycles. The fraction of sp³-hybridized carbons (Fsp3) is 0.136. The molecule has 12 nitrogen and oxygen atoms in total. The van der Waals surface area contributed by atoms with Crippen LogP contribution >= 0.6 is 0 Å². The van der Waals surface area contributed by atoms with Crippen LogP contribution in [0.3, 0.4) is 0 Å². The highest BCUT2D eigenvalue weighted by atomic mass is 19.1. The molecule has 0 saturated heterocycles. The number of methoxy groups -OCH3 is 1. The van der Waals surface area contributed by atoms with Crippen molar-refractivity contribution < 1.29 is 18.0 Å². The van der Waals surface area contributed by atoms with Crippen LogP contribution < -0.4 is 26.2 Å². The maximum absolute atomic E-state index is 13.3.